The number of aliphatic carboxylic acids is 1. The number of nitrogens with two attached hydrogens (primary N) is 1. The first-order chi connectivity index (χ1) is 7.92. The molecule has 0 bridgehead atoms. The summed E-state index contributed by atoms with van der Waals surface area (Å²) in [4.78, 5) is 24.5. The summed E-state index contributed by atoms with van der Waals surface area (Å²) in [5.41, 5.74) is 5.06. The molecule has 0 aromatic heterocycles. The second kappa shape index (κ2) is 5.46. The molecule has 6 nitrogen and oxygen atoms in total. The maximum Gasteiger partial charge on any atom is 0.326 e. The second-order valence-electron chi connectivity index (χ2n) is 4.45. The molecule has 0 spiro atoms. The molecule has 0 aromatic carbocycles. The van der Waals surface area contributed by atoms with Crippen molar-refractivity contribution in [2.75, 3.05) is 20.3 Å². The van der Waals surface area contributed by atoms with E-state index in [-0.39, 0.29) is 5.91 Å². The molecule has 3 N–H and O–H groups in total. The van der Waals surface area contributed by atoms with E-state index in [1.54, 1.807) is 6.92 Å². The maximum absolute atomic E-state index is 12.2. The first kappa shape index (κ1) is 13.9. The Balaban J connectivity index is 2.77. The summed E-state index contributed by atoms with van der Waals surface area (Å²) in [5, 5.41) is 9.02. The average Bonchev–Trinajstić information content (AvgIpc) is 2.29. The monoisotopic (exact) mass is 244 g/mol. The van der Waals surface area contributed by atoms with Gasteiger partial charge in [-0.3, -0.25) is 4.79 Å². The SMILES string of the molecule is CCC(C(=O)O)N(C)C(=O)C1(N)CCOCC1. The highest BCUT2D eigenvalue weighted by Gasteiger charge is 2.40. The molecule has 1 heterocycles. The topological polar surface area (TPSA) is 92.9 Å². The van der Waals surface area contributed by atoms with Crippen LogP contribution in [0.3, 0.4) is 0 Å². The third-order valence-corrected chi connectivity index (χ3v) is 3.27. The quantitative estimate of drug-likeness (QED) is 0.715. The van der Waals surface area contributed by atoms with E-state index in [9.17, 15) is 9.59 Å². The molecule has 1 saturated heterocycles. The van der Waals surface area contributed by atoms with Crippen molar-refractivity contribution in [1.29, 1.82) is 0 Å². The van der Waals surface area contributed by atoms with Crippen molar-refractivity contribution >= 4 is 11.9 Å². The van der Waals surface area contributed by atoms with Gasteiger partial charge in [0.25, 0.3) is 0 Å². The van der Waals surface area contributed by atoms with Gasteiger partial charge in [-0.05, 0) is 19.3 Å². The molecular formula is C11H20N2O4. The van der Waals surface area contributed by atoms with Gasteiger partial charge in [-0.25, -0.2) is 4.79 Å². The van der Waals surface area contributed by atoms with Gasteiger partial charge in [0, 0.05) is 20.3 Å². The summed E-state index contributed by atoms with van der Waals surface area (Å²) < 4.78 is 5.16. The number of carbonyl (C=O) groups excluding carboxylic acids is 1. The minimum absolute atomic E-state index is 0.310. The lowest BCUT2D eigenvalue weighted by Crippen LogP contribution is -2.60. The molecule has 1 amide bonds. The Morgan fingerprint density at radius 3 is 2.41 bits per heavy atom. The molecule has 1 unspecified atom stereocenters. The molecule has 6 heteroatoms. The van der Waals surface area contributed by atoms with Crippen molar-refractivity contribution in [2.45, 2.75) is 37.8 Å². The number of carbonyl (C=O) groups is 2. The summed E-state index contributed by atoms with van der Waals surface area (Å²) in [5.74, 6) is -1.31. The predicted octanol–water partition coefficient (Wildman–Crippen LogP) is -0.184. The Bertz CT molecular complexity index is 300. The van der Waals surface area contributed by atoms with Crippen LogP contribution in [0.4, 0.5) is 0 Å². The van der Waals surface area contributed by atoms with E-state index >= 15 is 0 Å². The van der Waals surface area contributed by atoms with Crippen LogP contribution < -0.4 is 5.73 Å². The number of carboxylic acid groups (broad SMARTS) is 1. The highest BCUT2D eigenvalue weighted by atomic mass is 16.5. The number of hydrogen-bond donors (Lipinski definition) is 2. The fourth-order valence-corrected chi connectivity index (χ4v) is 2.06. The van der Waals surface area contributed by atoms with Crippen molar-refractivity contribution in [2.24, 2.45) is 5.73 Å². The fourth-order valence-electron chi connectivity index (χ4n) is 2.06. The lowest BCUT2D eigenvalue weighted by Gasteiger charge is -2.37. The number of amides is 1. The zero-order valence-corrected chi connectivity index (χ0v) is 10.3. The fraction of sp³-hybridized carbons (Fsp3) is 0.818. The molecule has 17 heavy (non-hydrogen) atoms. The van der Waals surface area contributed by atoms with Gasteiger partial charge in [-0.2, -0.15) is 0 Å². The highest BCUT2D eigenvalue weighted by molar-refractivity contribution is 5.89. The predicted molar refractivity (Wildman–Crippen MR) is 61.5 cm³/mol. The summed E-state index contributed by atoms with van der Waals surface area (Å²) >= 11 is 0. The van der Waals surface area contributed by atoms with Crippen molar-refractivity contribution < 1.29 is 19.4 Å². The van der Waals surface area contributed by atoms with E-state index in [1.807, 2.05) is 0 Å². The van der Waals surface area contributed by atoms with Crippen LogP contribution in [0, 0.1) is 0 Å². The third-order valence-electron chi connectivity index (χ3n) is 3.27. The summed E-state index contributed by atoms with van der Waals surface area (Å²) in [6.45, 7) is 2.62. The van der Waals surface area contributed by atoms with Gasteiger partial charge in [0.05, 0.1) is 5.54 Å². The minimum atomic E-state index is -1.00. The van der Waals surface area contributed by atoms with Gasteiger partial charge >= 0.3 is 5.97 Å². The number of likely N-dealkylation sites (N-methyl/N-ethyl adjacent to an activating group) is 1. The molecule has 1 fully saturated rings. The van der Waals surface area contributed by atoms with Crippen LogP contribution in [0.5, 0.6) is 0 Å². The van der Waals surface area contributed by atoms with Crippen molar-refractivity contribution in [3.8, 4) is 0 Å². The number of hydrogen-bond acceptors (Lipinski definition) is 4. The van der Waals surface area contributed by atoms with Gasteiger partial charge in [-0.15, -0.1) is 0 Å². The van der Waals surface area contributed by atoms with Crippen molar-refractivity contribution in [3.63, 3.8) is 0 Å². The van der Waals surface area contributed by atoms with Gasteiger partial charge in [0.2, 0.25) is 5.91 Å². The smallest absolute Gasteiger partial charge is 0.326 e. The van der Waals surface area contributed by atoms with Gasteiger partial charge in [0.1, 0.15) is 6.04 Å². The molecule has 1 atom stereocenters. The number of rotatable bonds is 4. The largest absolute Gasteiger partial charge is 0.480 e. The van der Waals surface area contributed by atoms with E-state index in [1.165, 1.54) is 11.9 Å². The van der Waals surface area contributed by atoms with Crippen LogP contribution in [0.1, 0.15) is 26.2 Å². The standard InChI is InChI=1S/C11H20N2O4/c1-3-8(9(14)15)13(2)10(16)11(12)4-6-17-7-5-11/h8H,3-7,12H2,1-2H3,(H,14,15). The van der Waals surface area contributed by atoms with Crippen LogP contribution in [0.25, 0.3) is 0 Å². The molecule has 1 rings (SSSR count). The summed E-state index contributed by atoms with van der Waals surface area (Å²) in [6, 6.07) is -0.814. The molecular weight excluding hydrogens is 224 g/mol. The first-order valence-corrected chi connectivity index (χ1v) is 5.79. The second-order valence-corrected chi connectivity index (χ2v) is 4.45. The Hall–Kier alpha value is -1.14. The molecule has 0 saturated carbocycles. The van der Waals surface area contributed by atoms with Crippen molar-refractivity contribution in [3.05, 3.63) is 0 Å². The normalized spacial score (nSPS) is 20.6. The lowest BCUT2D eigenvalue weighted by atomic mass is 9.89. The molecule has 0 radical (unpaired) electrons. The third kappa shape index (κ3) is 2.95. The molecule has 1 aliphatic heterocycles. The maximum atomic E-state index is 12.2. The van der Waals surface area contributed by atoms with Crippen LogP contribution in [-0.2, 0) is 14.3 Å². The minimum Gasteiger partial charge on any atom is -0.480 e. The van der Waals surface area contributed by atoms with Crippen LogP contribution >= 0.6 is 0 Å². The molecule has 98 valence electrons. The number of ether oxygens (including phenoxy) is 1. The Morgan fingerprint density at radius 2 is 2.00 bits per heavy atom. The number of carboxylic acids is 1. The summed E-state index contributed by atoms with van der Waals surface area (Å²) in [7, 11) is 1.49. The summed E-state index contributed by atoms with van der Waals surface area (Å²) in [6.07, 6.45) is 1.24. The van der Waals surface area contributed by atoms with Gasteiger partial charge in [-0.1, -0.05) is 6.92 Å². The Labute approximate surface area is 101 Å². The van der Waals surface area contributed by atoms with E-state index in [0.29, 0.717) is 32.5 Å². The Kier molecular flexibility index (Phi) is 4.47. The molecule has 0 aromatic rings. The van der Waals surface area contributed by atoms with Crippen LogP contribution in [0.15, 0.2) is 0 Å². The van der Waals surface area contributed by atoms with Gasteiger partial charge in [0.15, 0.2) is 0 Å². The average molecular weight is 244 g/mol. The van der Waals surface area contributed by atoms with E-state index in [0.717, 1.165) is 0 Å². The molecule has 0 aliphatic carbocycles. The zero-order chi connectivity index (χ0) is 13.1. The van der Waals surface area contributed by atoms with Crippen molar-refractivity contribution in [1.82, 2.24) is 4.90 Å². The van der Waals surface area contributed by atoms with E-state index < -0.39 is 17.6 Å². The zero-order valence-electron chi connectivity index (χ0n) is 10.3. The molecule has 1 aliphatic rings. The lowest BCUT2D eigenvalue weighted by molar-refractivity contribution is -0.153. The van der Waals surface area contributed by atoms with E-state index in [2.05, 4.69) is 0 Å². The van der Waals surface area contributed by atoms with Crippen LogP contribution in [-0.4, -0.2) is 53.7 Å². The first-order valence-electron chi connectivity index (χ1n) is 5.79. The highest BCUT2D eigenvalue weighted by Crippen LogP contribution is 2.21. The van der Waals surface area contributed by atoms with E-state index in [4.69, 9.17) is 15.6 Å². The Morgan fingerprint density at radius 1 is 1.47 bits per heavy atom. The van der Waals surface area contributed by atoms with Crippen LogP contribution in [0.2, 0.25) is 0 Å². The number of nitrogens with zero attached hydrogens (tertiary/aromatic N) is 1. The van der Waals surface area contributed by atoms with Gasteiger partial charge < -0.3 is 20.5 Å².